The Labute approximate surface area is 180 Å². The third-order valence-corrected chi connectivity index (χ3v) is 6.00. The molecule has 0 spiro atoms. The van der Waals surface area contributed by atoms with Crippen LogP contribution in [0.5, 0.6) is 0 Å². The quantitative estimate of drug-likeness (QED) is 0.333. The molecule has 3 rings (SSSR count). The van der Waals surface area contributed by atoms with E-state index in [0.717, 1.165) is 30.5 Å². The van der Waals surface area contributed by atoms with Gasteiger partial charge in [-0.05, 0) is 59.7 Å². The lowest BCUT2D eigenvalue weighted by Crippen LogP contribution is -2.32. The van der Waals surface area contributed by atoms with Crippen molar-refractivity contribution >= 4 is 35.2 Å². The van der Waals surface area contributed by atoms with E-state index in [0.29, 0.717) is 23.0 Å². The predicted octanol–water partition coefficient (Wildman–Crippen LogP) is 4.04. The number of aliphatic hydroxyl groups is 1. The summed E-state index contributed by atoms with van der Waals surface area (Å²) in [4.78, 5) is 13.4. The lowest BCUT2D eigenvalue weighted by molar-refractivity contribution is -0.124. The van der Waals surface area contributed by atoms with Crippen LogP contribution in [0.25, 0.3) is 6.08 Å². The number of fused-ring (bicyclic) bond motifs is 1. The highest BCUT2D eigenvalue weighted by molar-refractivity contribution is 6.35. The molecule has 0 saturated carbocycles. The predicted molar refractivity (Wildman–Crippen MR) is 115 cm³/mol. The Morgan fingerprint density at radius 1 is 1.21 bits per heavy atom. The maximum Gasteiger partial charge on any atom is 0.267 e. The largest absolute Gasteiger partial charge is 0.395 e. The standard InChI is InChI=1S/C22H24Cl2N2O3/c23-19-2-1-3-20(24)18(19)10-11-26(12-13-27)21-8-6-16-14-15(4-7-17(16)21)5-9-22(28)25-29/h1-5,7,9,14,21,27,29H,6,8,10-13H2,(H,25,28)/b9-5+. The zero-order valence-electron chi connectivity index (χ0n) is 15.9. The molecule has 0 fully saturated rings. The van der Waals surface area contributed by atoms with Crippen LogP contribution in [0, 0.1) is 0 Å². The Morgan fingerprint density at radius 2 is 1.97 bits per heavy atom. The second-order valence-electron chi connectivity index (χ2n) is 7.03. The van der Waals surface area contributed by atoms with Gasteiger partial charge in [-0.1, -0.05) is 47.5 Å². The van der Waals surface area contributed by atoms with Crippen molar-refractivity contribution in [3.63, 3.8) is 0 Å². The van der Waals surface area contributed by atoms with Crippen LogP contribution < -0.4 is 5.48 Å². The second-order valence-corrected chi connectivity index (χ2v) is 7.85. The normalized spacial score (nSPS) is 15.8. The summed E-state index contributed by atoms with van der Waals surface area (Å²) in [5.41, 5.74) is 5.90. The summed E-state index contributed by atoms with van der Waals surface area (Å²) < 4.78 is 0. The van der Waals surface area contributed by atoms with Crippen molar-refractivity contribution in [2.75, 3.05) is 19.7 Å². The fourth-order valence-corrected chi connectivity index (χ4v) is 4.47. The first kappa shape index (κ1) is 21.8. The van der Waals surface area contributed by atoms with E-state index in [-0.39, 0.29) is 12.6 Å². The van der Waals surface area contributed by atoms with Crippen molar-refractivity contribution in [3.8, 4) is 0 Å². The van der Waals surface area contributed by atoms with Gasteiger partial charge < -0.3 is 5.11 Å². The minimum atomic E-state index is -0.560. The highest BCUT2D eigenvalue weighted by Gasteiger charge is 2.27. The molecule has 5 nitrogen and oxygen atoms in total. The fraction of sp³-hybridized carbons (Fsp3) is 0.318. The zero-order chi connectivity index (χ0) is 20.8. The first-order valence-corrected chi connectivity index (χ1v) is 10.3. The van der Waals surface area contributed by atoms with Gasteiger partial charge in [0.15, 0.2) is 0 Å². The molecule has 154 valence electrons. The number of nitrogens with one attached hydrogen (secondary N) is 1. The SMILES string of the molecule is O=C(/C=C/c1ccc2c(c1)CCC2N(CCO)CCc1c(Cl)cccc1Cl)NO. The lowest BCUT2D eigenvalue weighted by Gasteiger charge is -2.29. The van der Waals surface area contributed by atoms with E-state index in [4.69, 9.17) is 28.4 Å². The Morgan fingerprint density at radius 3 is 2.66 bits per heavy atom. The Kier molecular flexibility index (Phi) is 7.70. The molecular formula is C22H24Cl2N2O3. The van der Waals surface area contributed by atoms with Gasteiger partial charge in [0.05, 0.1) is 6.61 Å². The first-order chi connectivity index (χ1) is 14.0. The number of aryl methyl sites for hydroxylation is 1. The Hall–Kier alpha value is -1.89. The summed E-state index contributed by atoms with van der Waals surface area (Å²) in [6, 6.07) is 11.8. The number of rotatable bonds is 8. The molecular weight excluding hydrogens is 411 g/mol. The number of halogens is 2. The molecule has 3 N–H and O–H groups in total. The number of nitrogens with zero attached hydrogens (tertiary/aromatic N) is 1. The summed E-state index contributed by atoms with van der Waals surface area (Å²) in [6.07, 6.45) is 5.57. The number of hydroxylamine groups is 1. The number of hydrogen-bond acceptors (Lipinski definition) is 4. The van der Waals surface area contributed by atoms with E-state index >= 15 is 0 Å². The Bertz CT molecular complexity index is 881. The molecule has 1 unspecified atom stereocenters. The van der Waals surface area contributed by atoms with Crippen LogP contribution in [0.1, 0.15) is 34.7 Å². The van der Waals surface area contributed by atoms with Crippen molar-refractivity contribution < 1.29 is 15.1 Å². The number of carbonyl (C=O) groups excluding carboxylic acids is 1. The van der Waals surface area contributed by atoms with Gasteiger partial charge in [-0.3, -0.25) is 14.9 Å². The van der Waals surface area contributed by atoms with Crippen molar-refractivity contribution in [1.82, 2.24) is 10.4 Å². The molecule has 0 aromatic heterocycles. The third kappa shape index (κ3) is 5.38. The van der Waals surface area contributed by atoms with Crippen molar-refractivity contribution in [2.45, 2.75) is 25.3 Å². The van der Waals surface area contributed by atoms with Crippen molar-refractivity contribution in [3.05, 3.63) is 74.8 Å². The number of hydrogen-bond donors (Lipinski definition) is 3. The van der Waals surface area contributed by atoms with Crippen LogP contribution in [-0.2, 0) is 17.6 Å². The molecule has 0 saturated heterocycles. The van der Waals surface area contributed by atoms with Crippen LogP contribution in [0.15, 0.2) is 42.5 Å². The van der Waals surface area contributed by atoms with Crippen LogP contribution in [0.4, 0.5) is 0 Å². The van der Waals surface area contributed by atoms with Crippen LogP contribution >= 0.6 is 23.2 Å². The summed E-state index contributed by atoms with van der Waals surface area (Å²) in [5.74, 6) is -0.560. The molecule has 1 amide bonds. The van der Waals surface area contributed by atoms with E-state index < -0.39 is 5.91 Å². The van der Waals surface area contributed by atoms with Crippen LogP contribution in [-0.4, -0.2) is 40.8 Å². The average Bonchev–Trinajstić information content (AvgIpc) is 3.14. The average molecular weight is 435 g/mol. The summed E-state index contributed by atoms with van der Waals surface area (Å²) in [6.45, 7) is 1.40. The molecule has 29 heavy (non-hydrogen) atoms. The number of benzene rings is 2. The summed E-state index contributed by atoms with van der Waals surface area (Å²) >= 11 is 12.6. The molecule has 1 aliphatic rings. The van der Waals surface area contributed by atoms with Gasteiger partial charge in [0.25, 0.3) is 5.91 Å². The number of carbonyl (C=O) groups is 1. The molecule has 2 aromatic carbocycles. The maximum absolute atomic E-state index is 11.2. The van der Waals surface area contributed by atoms with Crippen LogP contribution in [0.2, 0.25) is 10.0 Å². The highest BCUT2D eigenvalue weighted by Crippen LogP contribution is 2.37. The summed E-state index contributed by atoms with van der Waals surface area (Å²) in [7, 11) is 0. The van der Waals surface area contributed by atoms with Crippen LogP contribution in [0.3, 0.4) is 0 Å². The lowest BCUT2D eigenvalue weighted by atomic mass is 10.0. The van der Waals surface area contributed by atoms with E-state index in [9.17, 15) is 9.90 Å². The van der Waals surface area contributed by atoms with Gasteiger partial charge >= 0.3 is 0 Å². The van der Waals surface area contributed by atoms with Gasteiger partial charge in [-0.15, -0.1) is 0 Å². The third-order valence-electron chi connectivity index (χ3n) is 5.29. The van der Waals surface area contributed by atoms with Gasteiger partial charge in [0, 0.05) is 35.3 Å². The van der Waals surface area contributed by atoms with Gasteiger partial charge in [-0.25, -0.2) is 5.48 Å². The van der Waals surface area contributed by atoms with Crippen molar-refractivity contribution in [2.24, 2.45) is 0 Å². The first-order valence-electron chi connectivity index (χ1n) is 9.56. The number of aliphatic hydroxyl groups excluding tert-OH is 1. The van der Waals surface area contributed by atoms with Crippen molar-refractivity contribution in [1.29, 1.82) is 0 Å². The number of amides is 1. The topological polar surface area (TPSA) is 72.8 Å². The van der Waals surface area contributed by atoms with E-state index in [2.05, 4.69) is 17.0 Å². The summed E-state index contributed by atoms with van der Waals surface area (Å²) in [5, 5.41) is 19.5. The van der Waals surface area contributed by atoms with Gasteiger partial charge in [-0.2, -0.15) is 0 Å². The van der Waals surface area contributed by atoms with E-state index in [1.807, 2.05) is 24.3 Å². The van der Waals surface area contributed by atoms with Gasteiger partial charge in [0.2, 0.25) is 0 Å². The molecule has 0 heterocycles. The zero-order valence-corrected chi connectivity index (χ0v) is 17.5. The highest BCUT2D eigenvalue weighted by atomic mass is 35.5. The van der Waals surface area contributed by atoms with Gasteiger partial charge in [0.1, 0.15) is 0 Å². The molecule has 0 aliphatic heterocycles. The minimum Gasteiger partial charge on any atom is -0.395 e. The van der Waals surface area contributed by atoms with E-state index in [1.54, 1.807) is 11.6 Å². The molecule has 2 aromatic rings. The second kappa shape index (κ2) is 10.2. The monoisotopic (exact) mass is 434 g/mol. The molecule has 0 radical (unpaired) electrons. The molecule has 1 aliphatic carbocycles. The smallest absolute Gasteiger partial charge is 0.267 e. The molecule has 1 atom stereocenters. The minimum absolute atomic E-state index is 0.0825. The molecule has 7 heteroatoms. The van der Waals surface area contributed by atoms with E-state index in [1.165, 1.54) is 17.2 Å². The maximum atomic E-state index is 11.2. The molecule has 0 bridgehead atoms. The fourth-order valence-electron chi connectivity index (χ4n) is 3.89. The Balaban J connectivity index is 1.75.